The van der Waals surface area contributed by atoms with Crippen molar-refractivity contribution in [2.75, 3.05) is 7.05 Å². The molecule has 1 N–H and O–H groups in total. The van der Waals surface area contributed by atoms with Crippen molar-refractivity contribution in [2.24, 2.45) is 0 Å². The first kappa shape index (κ1) is 15.2. The molecule has 1 unspecified atom stereocenters. The molecule has 0 spiro atoms. The van der Waals surface area contributed by atoms with Gasteiger partial charge in [-0.15, -0.1) is 0 Å². The molecule has 1 nitrogen and oxygen atoms in total. The van der Waals surface area contributed by atoms with Crippen LogP contribution in [0.1, 0.15) is 17.2 Å². The Balaban J connectivity index is 2.49. The Labute approximate surface area is 138 Å². The van der Waals surface area contributed by atoms with Crippen molar-refractivity contribution < 1.29 is 4.39 Å². The van der Waals surface area contributed by atoms with E-state index in [2.05, 4.69) is 43.8 Å². The quantitative estimate of drug-likeness (QED) is 0.633. The lowest BCUT2D eigenvalue weighted by Crippen LogP contribution is -2.19. The first-order valence-corrected chi connectivity index (χ1v) is 7.85. The third kappa shape index (κ3) is 3.48. The van der Waals surface area contributed by atoms with Gasteiger partial charge in [0.2, 0.25) is 0 Å². The molecule has 0 aliphatic rings. The van der Waals surface area contributed by atoms with Crippen molar-refractivity contribution in [1.82, 2.24) is 5.32 Å². The molecule has 0 amide bonds. The fraction of sp³-hybridized carbons (Fsp3) is 0.143. The summed E-state index contributed by atoms with van der Waals surface area (Å²) < 4.78 is 15.8. The molecule has 0 aliphatic heterocycles. The molecule has 0 aliphatic carbocycles. The van der Waals surface area contributed by atoms with E-state index in [9.17, 15) is 4.39 Å². The molecule has 0 heterocycles. The molecule has 2 rings (SSSR count). The summed E-state index contributed by atoms with van der Waals surface area (Å²) in [5.41, 5.74) is 1.53. The van der Waals surface area contributed by atoms with E-state index in [1.54, 1.807) is 19.2 Å². The second-order valence-electron chi connectivity index (χ2n) is 4.06. The first-order chi connectivity index (χ1) is 9.02. The van der Waals surface area contributed by atoms with E-state index in [1.807, 2.05) is 18.2 Å². The maximum Gasteiger partial charge on any atom is 0.128 e. The molecular formula is C14H11BrClFIN. The van der Waals surface area contributed by atoms with Crippen LogP contribution in [0.3, 0.4) is 0 Å². The summed E-state index contributed by atoms with van der Waals surface area (Å²) in [6.45, 7) is 0. The van der Waals surface area contributed by atoms with Crippen LogP contribution < -0.4 is 5.32 Å². The molecule has 0 aromatic heterocycles. The molecule has 5 heteroatoms. The monoisotopic (exact) mass is 453 g/mol. The standard InChI is InChI=1S/C14H11BrClFIN/c1-19-14(8-2-5-13(18)11(16)6-8)10-7-9(15)3-4-12(10)17/h2-7,14,19H,1H3. The van der Waals surface area contributed by atoms with Gasteiger partial charge in [-0.25, -0.2) is 4.39 Å². The number of rotatable bonds is 3. The Morgan fingerprint density at radius 3 is 2.63 bits per heavy atom. The molecule has 19 heavy (non-hydrogen) atoms. The number of hydrogen-bond donors (Lipinski definition) is 1. The van der Waals surface area contributed by atoms with Gasteiger partial charge in [0.15, 0.2) is 0 Å². The average molecular weight is 455 g/mol. The van der Waals surface area contributed by atoms with Gasteiger partial charge in [-0.05, 0) is 65.5 Å². The fourth-order valence-electron chi connectivity index (χ4n) is 1.93. The molecule has 0 bridgehead atoms. The number of hydrogen-bond acceptors (Lipinski definition) is 1. The van der Waals surface area contributed by atoms with Crippen molar-refractivity contribution >= 4 is 50.1 Å². The Hall–Kier alpha value is -0.170. The van der Waals surface area contributed by atoms with Gasteiger partial charge in [0.25, 0.3) is 0 Å². The van der Waals surface area contributed by atoms with E-state index in [0.29, 0.717) is 10.6 Å². The van der Waals surface area contributed by atoms with Crippen LogP contribution in [0, 0.1) is 9.39 Å². The Morgan fingerprint density at radius 1 is 1.26 bits per heavy atom. The summed E-state index contributed by atoms with van der Waals surface area (Å²) in [5, 5.41) is 3.80. The van der Waals surface area contributed by atoms with Crippen molar-refractivity contribution in [3.8, 4) is 0 Å². The van der Waals surface area contributed by atoms with Crippen LogP contribution in [0.25, 0.3) is 0 Å². The number of benzene rings is 2. The lowest BCUT2D eigenvalue weighted by molar-refractivity contribution is 0.575. The van der Waals surface area contributed by atoms with E-state index in [4.69, 9.17) is 11.6 Å². The van der Waals surface area contributed by atoms with E-state index in [-0.39, 0.29) is 11.9 Å². The SMILES string of the molecule is CNC(c1ccc(I)c(Cl)c1)c1cc(Br)ccc1F. The van der Waals surface area contributed by atoms with Crippen molar-refractivity contribution in [1.29, 1.82) is 0 Å². The van der Waals surface area contributed by atoms with Crippen molar-refractivity contribution in [3.63, 3.8) is 0 Å². The zero-order valence-electron chi connectivity index (χ0n) is 10.1. The molecule has 0 radical (unpaired) electrons. The highest BCUT2D eigenvalue weighted by molar-refractivity contribution is 14.1. The minimum absolute atomic E-state index is 0.230. The molecule has 0 fully saturated rings. The van der Waals surface area contributed by atoms with Crippen LogP contribution in [0.15, 0.2) is 40.9 Å². The zero-order valence-corrected chi connectivity index (χ0v) is 14.6. The number of halogens is 4. The van der Waals surface area contributed by atoms with Gasteiger partial charge in [-0.1, -0.05) is 33.6 Å². The summed E-state index contributed by atoms with van der Waals surface area (Å²) >= 11 is 11.7. The van der Waals surface area contributed by atoms with Gasteiger partial charge in [-0.2, -0.15) is 0 Å². The Bertz CT molecular complexity index is 606. The predicted octanol–water partition coefficient (Wildman–Crippen LogP) is 5.16. The highest BCUT2D eigenvalue weighted by atomic mass is 127. The number of nitrogens with one attached hydrogen (secondary N) is 1. The van der Waals surface area contributed by atoms with Crippen LogP contribution in [0.4, 0.5) is 4.39 Å². The van der Waals surface area contributed by atoms with Crippen LogP contribution in [0.2, 0.25) is 5.02 Å². The summed E-state index contributed by atoms with van der Waals surface area (Å²) in [4.78, 5) is 0. The smallest absolute Gasteiger partial charge is 0.128 e. The van der Waals surface area contributed by atoms with Crippen LogP contribution in [-0.2, 0) is 0 Å². The normalized spacial score (nSPS) is 12.5. The Kier molecular flexibility index (Phi) is 5.22. The maximum atomic E-state index is 14.0. The molecule has 2 aromatic rings. The van der Waals surface area contributed by atoms with Crippen LogP contribution >= 0.6 is 50.1 Å². The third-order valence-electron chi connectivity index (χ3n) is 2.83. The summed E-state index contributed by atoms with van der Waals surface area (Å²) in [5.74, 6) is -0.239. The minimum Gasteiger partial charge on any atom is -0.309 e. The molecule has 1 atom stereocenters. The van der Waals surface area contributed by atoms with Gasteiger partial charge < -0.3 is 5.32 Å². The highest BCUT2D eigenvalue weighted by Crippen LogP contribution is 2.29. The van der Waals surface area contributed by atoms with Crippen LogP contribution in [-0.4, -0.2) is 7.05 Å². The highest BCUT2D eigenvalue weighted by Gasteiger charge is 2.17. The van der Waals surface area contributed by atoms with Gasteiger partial charge in [0, 0.05) is 13.6 Å². The third-order valence-corrected chi connectivity index (χ3v) is 4.90. The van der Waals surface area contributed by atoms with E-state index < -0.39 is 0 Å². The van der Waals surface area contributed by atoms with Gasteiger partial charge >= 0.3 is 0 Å². The lowest BCUT2D eigenvalue weighted by Gasteiger charge is -2.19. The first-order valence-electron chi connectivity index (χ1n) is 5.60. The summed E-state index contributed by atoms with van der Waals surface area (Å²) in [6.07, 6.45) is 0. The molecular weight excluding hydrogens is 443 g/mol. The lowest BCUT2D eigenvalue weighted by atomic mass is 9.98. The molecule has 0 saturated carbocycles. The summed E-state index contributed by atoms with van der Waals surface area (Å²) in [6, 6.07) is 10.4. The van der Waals surface area contributed by atoms with Gasteiger partial charge in [0.1, 0.15) is 5.82 Å². The second kappa shape index (κ2) is 6.52. The second-order valence-corrected chi connectivity index (χ2v) is 6.55. The van der Waals surface area contributed by atoms with Gasteiger partial charge in [0.05, 0.1) is 11.1 Å². The fourth-order valence-corrected chi connectivity index (χ4v) is 2.83. The van der Waals surface area contributed by atoms with Gasteiger partial charge in [-0.3, -0.25) is 0 Å². The molecule has 2 aromatic carbocycles. The Morgan fingerprint density at radius 2 is 2.00 bits per heavy atom. The topological polar surface area (TPSA) is 12.0 Å². The van der Waals surface area contributed by atoms with Crippen molar-refractivity contribution in [2.45, 2.75) is 6.04 Å². The van der Waals surface area contributed by atoms with E-state index in [0.717, 1.165) is 13.6 Å². The molecule has 100 valence electrons. The maximum absolute atomic E-state index is 14.0. The predicted molar refractivity (Wildman–Crippen MR) is 89.2 cm³/mol. The average Bonchev–Trinajstić information content (AvgIpc) is 2.38. The van der Waals surface area contributed by atoms with E-state index >= 15 is 0 Å². The molecule has 0 saturated heterocycles. The largest absolute Gasteiger partial charge is 0.309 e. The minimum atomic E-state index is -0.239. The summed E-state index contributed by atoms with van der Waals surface area (Å²) in [7, 11) is 1.80. The van der Waals surface area contributed by atoms with E-state index in [1.165, 1.54) is 6.07 Å². The zero-order chi connectivity index (χ0) is 14.0. The van der Waals surface area contributed by atoms with Crippen LogP contribution in [0.5, 0.6) is 0 Å². The van der Waals surface area contributed by atoms with Crippen molar-refractivity contribution in [3.05, 3.63) is 66.4 Å².